The maximum absolute atomic E-state index is 13.3. The Kier molecular flexibility index (Phi) is 57.3. The quantitative estimate of drug-likeness (QED) is 0.0204. The van der Waals surface area contributed by atoms with E-state index in [9.17, 15) is 45.6 Å². The summed E-state index contributed by atoms with van der Waals surface area (Å²) in [6.45, 7) is 2.71. The fourth-order valence-corrected chi connectivity index (χ4v) is 11.8. The number of unbranched alkanes of at least 4 members (excludes halogenated alkanes) is 32. The van der Waals surface area contributed by atoms with E-state index in [0.29, 0.717) is 6.42 Å². The number of aliphatic hydroxyl groups excluding tert-OH is 8. The SMILES string of the molecule is CC/C=C\C/C=C\C/C=C\C/C=C\C/C=C\C/C=C\C/C=C\C/C=C\CCCCCCCCCCCCCCCCCCC(=O)NC(COC1OC(CO)C(OC2OC(CO)C(O)C(O)C2O)C(O)C1O)C(O)/C=C/CCCCCCCCCCCCCCCCCC. The van der Waals surface area contributed by atoms with E-state index in [1.807, 2.05) is 6.08 Å². The first-order chi connectivity index (χ1) is 45.6. The lowest BCUT2D eigenvalue weighted by atomic mass is 9.97. The third kappa shape index (κ3) is 45.7. The van der Waals surface area contributed by atoms with Crippen molar-refractivity contribution >= 4 is 5.91 Å². The first kappa shape index (κ1) is 85.7. The van der Waals surface area contributed by atoms with Gasteiger partial charge in [-0.3, -0.25) is 4.79 Å². The predicted molar refractivity (Wildman–Crippen MR) is 382 cm³/mol. The Balaban J connectivity index is 1.59. The number of rotatable bonds is 61. The van der Waals surface area contributed by atoms with E-state index in [2.05, 4.69) is 116 Å². The zero-order chi connectivity index (χ0) is 67.3. The molecule has 14 nitrogen and oxygen atoms in total. The van der Waals surface area contributed by atoms with E-state index in [4.69, 9.17) is 18.9 Å². The Morgan fingerprint density at radius 2 is 0.742 bits per heavy atom. The molecular formula is C79H137NO13. The molecule has 2 fully saturated rings. The van der Waals surface area contributed by atoms with Crippen LogP contribution in [0.1, 0.15) is 290 Å². The van der Waals surface area contributed by atoms with Crippen molar-refractivity contribution < 1.29 is 64.6 Å². The van der Waals surface area contributed by atoms with Crippen LogP contribution in [0.15, 0.2) is 109 Å². The molecule has 1 amide bonds. The van der Waals surface area contributed by atoms with E-state index in [0.717, 1.165) is 89.9 Å². The van der Waals surface area contributed by atoms with Crippen LogP contribution in [0.3, 0.4) is 0 Å². The molecule has 0 aromatic heterocycles. The van der Waals surface area contributed by atoms with Crippen molar-refractivity contribution in [3.8, 4) is 0 Å². The summed E-state index contributed by atoms with van der Waals surface area (Å²) in [6, 6.07) is -0.920. The standard InChI is InChI=1S/C79H137NO13/c1-3-5-7-9-11-13-15-17-19-21-23-24-25-26-27-28-29-30-31-32-33-34-35-36-37-38-39-40-41-42-43-44-45-47-49-51-53-55-57-59-61-63-71(84)80-67(68(83)62-60-58-56-54-52-50-48-46-22-20-18-16-14-12-10-8-6-4-2)66-90-78-76(89)74(87)77(70(65-82)92-78)93-79-75(88)73(86)72(85)69(64-81)91-79/h5,7,11,13,17,19,23-24,26-27,29-30,32-33,35-36,60,62,67-70,72-79,81-83,85-89H,3-4,6,8-10,12,14-16,18,20-22,25,28,31,34,37-59,61,63-66H2,1-2H3,(H,80,84)/b7-5-,13-11-,19-17-,24-23-,27-26-,30-29-,33-32-,36-35-,62-60+. The van der Waals surface area contributed by atoms with Crippen molar-refractivity contribution in [3.63, 3.8) is 0 Å². The van der Waals surface area contributed by atoms with E-state index in [1.54, 1.807) is 6.08 Å². The number of carbonyl (C=O) groups excluding carboxylic acids is 1. The summed E-state index contributed by atoms with van der Waals surface area (Å²) in [5.41, 5.74) is 0. The molecule has 0 bridgehead atoms. The van der Waals surface area contributed by atoms with Crippen LogP contribution in [-0.2, 0) is 23.7 Å². The third-order valence-electron chi connectivity index (χ3n) is 17.7. The van der Waals surface area contributed by atoms with E-state index < -0.39 is 86.8 Å². The highest BCUT2D eigenvalue weighted by molar-refractivity contribution is 5.76. The monoisotopic (exact) mass is 1310 g/mol. The van der Waals surface area contributed by atoms with Crippen molar-refractivity contribution in [3.05, 3.63) is 109 Å². The van der Waals surface area contributed by atoms with Crippen molar-refractivity contribution in [1.82, 2.24) is 5.32 Å². The fraction of sp³-hybridized carbons (Fsp3) is 0.759. The van der Waals surface area contributed by atoms with Gasteiger partial charge in [0.2, 0.25) is 5.91 Å². The van der Waals surface area contributed by atoms with Gasteiger partial charge in [0.15, 0.2) is 12.6 Å². The van der Waals surface area contributed by atoms with Crippen LogP contribution in [0.2, 0.25) is 0 Å². The Hall–Kier alpha value is -3.35. The topological polar surface area (TPSA) is 228 Å². The minimum absolute atomic E-state index is 0.239. The second kappa shape index (κ2) is 62.2. The average molecular weight is 1310 g/mol. The molecule has 2 aliphatic heterocycles. The first-order valence-electron chi connectivity index (χ1n) is 37.6. The Labute approximate surface area is 566 Å². The van der Waals surface area contributed by atoms with Gasteiger partial charge < -0.3 is 65.1 Å². The molecule has 12 atom stereocenters. The van der Waals surface area contributed by atoms with Crippen LogP contribution in [0.5, 0.6) is 0 Å². The second-order valence-corrected chi connectivity index (χ2v) is 26.0. The molecule has 93 heavy (non-hydrogen) atoms. The van der Waals surface area contributed by atoms with E-state index >= 15 is 0 Å². The lowest BCUT2D eigenvalue weighted by molar-refractivity contribution is -0.359. The average Bonchev–Trinajstić information content (AvgIpc) is 0.958. The zero-order valence-corrected chi connectivity index (χ0v) is 58.5. The van der Waals surface area contributed by atoms with Gasteiger partial charge in [0, 0.05) is 6.42 Å². The highest BCUT2D eigenvalue weighted by atomic mass is 16.7. The molecule has 2 aliphatic rings. The van der Waals surface area contributed by atoms with Gasteiger partial charge >= 0.3 is 0 Å². The number of carbonyl (C=O) groups is 1. The first-order valence-corrected chi connectivity index (χ1v) is 37.6. The molecule has 0 saturated carbocycles. The summed E-state index contributed by atoms with van der Waals surface area (Å²) in [7, 11) is 0. The molecule has 2 heterocycles. The molecule has 536 valence electrons. The number of ether oxygens (including phenoxy) is 4. The summed E-state index contributed by atoms with van der Waals surface area (Å²) in [5, 5.41) is 87.5. The van der Waals surface area contributed by atoms with Crippen molar-refractivity contribution in [2.75, 3.05) is 19.8 Å². The van der Waals surface area contributed by atoms with Crippen LogP contribution >= 0.6 is 0 Å². The molecule has 2 rings (SSSR count). The summed E-state index contributed by atoms with van der Waals surface area (Å²) >= 11 is 0. The Bertz CT molecular complexity index is 1980. The normalized spacial score (nSPS) is 23.2. The number of aliphatic hydroxyl groups is 8. The molecule has 0 radical (unpaired) electrons. The van der Waals surface area contributed by atoms with Crippen LogP contribution in [0.4, 0.5) is 0 Å². The highest BCUT2D eigenvalue weighted by Gasteiger charge is 2.51. The molecule has 2 saturated heterocycles. The maximum Gasteiger partial charge on any atom is 0.220 e. The largest absolute Gasteiger partial charge is 0.394 e. The van der Waals surface area contributed by atoms with Gasteiger partial charge in [0.1, 0.15) is 48.8 Å². The number of amides is 1. The second-order valence-electron chi connectivity index (χ2n) is 26.0. The van der Waals surface area contributed by atoms with Gasteiger partial charge in [-0.15, -0.1) is 0 Å². The fourth-order valence-electron chi connectivity index (χ4n) is 11.8. The van der Waals surface area contributed by atoms with E-state index in [1.165, 1.54) is 173 Å². The summed E-state index contributed by atoms with van der Waals surface area (Å²) in [4.78, 5) is 13.3. The van der Waals surface area contributed by atoms with Crippen LogP contribution in [-0.4, -0.2) is 140 Å². The number of allylic oxidation sites excluding steroid dienone is 17. The maximum atomic E-state index is 13.3. The van der Waals surface area contributed by atoms with Crippen molar-refractivity contribution in [2.24, 2.45) is 0 Å². The molecule has 0 spiro atoms. The zero-order valence-electron chi connectivity index (χ0n) is 58.5. The van der Waals surface area contributed by atoms with Crippen LogP contribution in [0.25, 0.3) is 0 Å². The summed E-state index contributed by atoms with van der Waals surface area (Å²) < 4.78 is 22.9. The minimum Gasteiger partial charge on any atom is -0.394 e. The third-order valence-corrected chi connectivity index (χ3v) is 17.7. The van der Waals surface area contributed by atoms with Gasteiger partial charge in [-0.1, -0.05) is 309 Å². The number of hydrogen-bond donors (Lipinski definition) is 9. The van der Waals surface area contributed by atoms with Crippen molar-refractivity contribution in [2.45, 2.75) is 364 Å². The summed E-state index contributed by atoms with van der Waals surface area (Å²) in [6.07, 6.45) is 72.9. The van der Waals surface area contributed by atoms with Gasteiger partial charge in [-0.25, -0.2) is 0 Å². The smallest absolute Gasteiger partial charge is 0.220 e. The van der Waals surface area contributed by atoms with Crippen LogP contribution in [0, 0.1) is 0 Å². The molecule has 14 heteroatoms. The van der Waals surface area contributed by atoms with Gasteiger partial charge in [-0.2, -0.15) is 0 Å². The Morgan fingerprint density at radius 1 is 0.398 bits per heavy atom. The van der Waals surface area contributed by atoms with Gasteiger partial charge in [-0.05, 0) is 83.5 Å². The molecule has 9 N–H and O–H groups in total. The predicted octanol–water partition coefficient (Wildman–Crippen LogP) is 16.3. The van der Waals surface area contributed by atoms with E-state index in [-0.39, 0.29) is 18.9 Å². The molecule has 12 unspecified atom stereocenters. The molecule has 0 aromatic rings. The number of hydrogen-bond acceptors (Lipinski definition) is 13. The molecule has 0 aliphatic carbocycles. The lowest BCUT2D eigenvalue weighted by Gasteiger charge is -2.46. The van der Waals surface area contributed by atoms with Gasteiger partial charge in [0.05, 0.1) is 32.0 Å². The lowest BCUT2D eigenvalue weighted by Crippen LogP contribution is -2.65. The van der Waals surface area contributed by atoms with Gasteiger partial charge in [0.25, 0.3) is 0 Å². The molecular weight excluding hydrogens is 1170 g/mol. The molecule has 0 aromatic carbocycles. The Morgan fingerprint density at radius 3 is 1.14 bits per heavy atom. The van der Waals surface area contributed by atoms with Crippen LogP contribution < -0.4 is 5.32 Å². The number of nitrogens with one attached hydrogen (secondary N) is 1. The van der Waals surface area contributed by atoms with Crippen molar-refractivity contribution in [1.29, 1.82) is 0 Å². The summed E-state index contributed by atoms with van der Waals surface area (Å²) in [5.74, 6) is -0.239. The highest BCUT2D eigenvalue weighted by Crippen LogP contribution is 2.30. The minimum atomic E-state index is -1.79.